The largest absolute Gasteiger partial charge is 0.480 e. The summed E-state index contributed by atoms with van der Waals surface area (Å²) < 4.78 is 1.15. The number of aromatic nitrogens is 2. The van der Waals surface area contributed by atoms with E-state index in [4.69, 9.17) is 11.6 Å². The Kier molecular flexibility index (Phi) is 6.74. The first-order chi connectivity index (χ1) is 14.4. The van der Waals surface area contributed by atoms with Crippen molar-refractivity contribution in [1.29, 1.82) is 0 Å². The van der Waals surface area contributed by atoms with Crippen LogP contribution in [0, 0.1) is 0 Å². The van der Waals surface area contributed by atoms with Crippen LogP contribution in [0.5, 0.6) is 0 Å². The third-order valence-electron chi connectivity index (χ3n) is 4.60. The molecule has 0 fully saturated rings. The van der Waals surface area contributed by atoms with Crippen LogP contribution in [0.15, 0.2) is 59.4 Å². The van der Waals surface area contributed by atoms with Crippen LogP contribution in [-0.4, -0.2) is 41.3 Å². The molecule has 0 aliphatic carbocycles. The van der Waals surface area contributed by atoms with Crippen molar-refractivity contribution >= 4 is 29.1 Å². The van der Waals surface area contributed by atoms with Gasteiger partial charge in [0.15, 0.2) is 11.0 Å². The molecule has 0 bridgehead atoms. The van der Waals surface area contributed by atoms with E-state index in [-0.39, 0.29) is 16.7 Å². The van der Waals surface area contributed by atoms with Gasteiger partial charge in [0.1, 0.15) is 6.54 Å². The summed E-state index contributed by atoms with van der Waals surface area (Å²) in [6.07, 6.45) is 0.686. The van der Waals surface area contributed by atoms with E-state index in [1.807, 2.05) is 67.5 Å². The van der Waals surface area contributed by atoms with Crippen LogP contribution in [0.3, 0.4) is 0 Å². The van der Waals surface area contributed by atoms with E-state index < -0.39 is 18.1 Å². The van der Waals surface area contributed by atoms with E-state index in [1.165, 1.54) is 0 Å². The molecule has 0 spiro atoms. The van der Waals surface area contributed by atoms with E-state index >= 15 is 0 Å². The molecule has 0 saturated heterocycles. The van der Waals surface area contributed by atoms with Crippen molar-refractivity contribution in [2.45, 2.75) is 13.0 Å². The number of rotatable bonds is 8. The molecule has 0 saturated carbocycles. The fourth-order valence-corrected chi connectivity index (χ4v) is 3.41. The third kappa shape index (κ3) is 4.99. The summed E-state index contributed by atoms with van der Waals surface area (Å²) in [7, 11) is 3.78. The van der Waals surface area contributed by atoms with E-state index in [9.17, 15) is 14.7 Å². The molecule has 3 rings (SSSR count). The van der Waals surface area contributed by atoms with Gasteiger partial charge in [-0.3, -0.25) is 14.2 Å². The maximum atomic E-state index is 13.0. The van der Waals surface area contributed by atoms with E-state index in [2.05, 4.69) is 10.3 Å². The average Bonchev–Trinajstić information content (AvgIpc) is 2.72. The van der Waals surface area contributed by atoms with Gasteiger partial charge in [0.05, 0.1) is 5.69 Å². The predicted molar refractivity (Wildman–Crippen MR) is 120 cm³/mol. The van der Waals surface area contributed by atoms with Crippen molar-refractivity contribution in [3.05, 3.63) is 75.7 Å². The lowest BCUT2D eigenvalue weighted by Crippen LogP contribution is -2.30. The molecule has 1 aromatic heterocycles. The number of benzene rings is 2. The molecule has 30 heavy (non-hydrogen) atoms. The van der Waals surface area contributed by atoms with Crippen LogP contribution >= 0.6 is 11.6 Å². The van der Waals surface area contributed by atoms with Crippen molar-refractivity contribution in [1.82, 2.24) is 9.55 Å². The second kappa shape index (κ2) is 9.45. The number of hydrogen-bond acceptors (Lipinski definition) is 5. The lowest BCUT2D eigenvalue weighted by atomic mass is 10.1. The summed E-state index contributed by atoms with van der Waals surface area (Å²) in [6.45, 7) is -0.0545. The monoisotopic (exact) mass is 426 g/mol. The Balaban J connectivity index is 1.98. The van der Waals surface area contributed by atoms with Gasteiger partial charge in [0, 0.05) is 31.9 Å². The molecule has 7 nitrogen and oxygen atoms in total. The number of aliphatic carboxylic acids is 1. The lowest BCUT2D eigenvalue weighted by Gasteiger charge is -2.17. The number of hydrogen-bond donors (Lipinski definition) is 2. The second-order valence-corrected chi connectivity index (χ2v) is 7.35. The number of nitrogens with one attached hydrogen (secondary N) is 1. The zero-order valence-corrected chi connectivity index (χ0v) is 17.6. The summed E-state index contributed by atoms with van der Waals surface area (Å²) >= 11 is 6.43. The van der Waals surface area contributed by atoms with Crippen LogP contribution in [0.25, 0.3) is 11.3 Å². The number of nitrogens with zero attached hydrogens (tertiary/aromatic N) is 3. The Morgan fingerprint density at radius 2 is 1.90 bits per heavy atom. The van der Waals surface area contributed by atoms with E-state index in [0.29, 0.717) is 18.5 Å². The molecule has 0 unspecified atom stereocenters. The van der Waals surface area contributed by atoms with Gasteiger partial charge in [-0.05, 0) is 24.1 Å². The second-order valence-electron chi connectivity index (χ2n) is 6.99. The Bertz CT molecular complexity index is 1100. The van der Waals surface area contributed by atoms with Crippen molar-refractivity contribution < 1.29 is 9.90 Å². The zero-order chi connectivity index (χ0) is 21.7. The molecule has 3 aromatic rings. The first kappa shape index (κ1) is 21.4. The molecular weight excluding hydrogens is 404 g/mol. The molecule has 2 N–H and O–H groups in total. The molecule has 0 aliphatic rings. The van der Waals surface area contributed by atoms with Gasteiger partial charge >= 0.3 is 5.97 Å². The van der Waals surface area contributed by atoms with Gasteiger partial charge in [-0.1, -0.05) is 54.1 Å². The van der Waals surface area contributed by atoms with Crippen LogP contribution in [0.1, 0.15) is 5.56 Å². The normalized spacial score (nSPS) is 10.6. The molecule has 0 atom stereocenters. The average molecular weight is 427 g/mol. The maximum absolute atomic E-state index is 13.0. The minimum absolute atomic E-state index is 0.0321. The van der Waals surface area contributed by atoms with Gasteiger partial charge < -0.3 is 15.3 Å². The van der Waals surface area contributed by atoms with E-state index in [1.54, 1.807) is 6.07 Å². The molecule has 2 aromatic carbocycles. The number of halogens is 1. The smallest absolute Gasteiger partial charge is 0.323 e. The van der Waals surface area contributed by atoms with Gasteiger partial charge in [-0.2, -0.15) is 0 Å². The first-order valence-electron chi connectivity index (χ1n) is 9.44. The third-order valence-corrected chi connectivity index (χ3v) is 4.86. The molecule has 0 aliphatic heterocycles. The molecule has 1 heterocycles. The Morgan fingerprint density at radius 3 is 2.57 bits per heavy atom. The van der Waals surface area contributed by atoms with Crippen LogP contribution < -0.4 is 15.8 Å². The fourth-order valence-electron chi connectivity index (χ4n) is 3.12. The SMILES string of the molecule is CN(C)c1cccc(-c2c(Cl)nc(NCCc3ccccc3)c(=O)n2CC(=O)O)c1. The number of carboxylic acids is 1. The highest BCUT2D eigenvalue weighted by Gasteiger charge is 2.19. The minimum atomic E-state index is -1.14. The molecular formula is C22H23ClN4O3. The summed E-state index contributed by atoms with van der Waals surface area (Å²) in [4.78, 5) is 30.6. The Morgan fingerprint density at radius 1 is 1.17 bits per heavy atom. The summed E-state index contributed by atoms with van der Waals surface area (Å²) in [5.41, 5.74) is 2.37. The highest BCUT2D eigenvalue weighted by atomic mass is 35.5. The van der Waals surface area contributed by atoms with Crippen molar-refractivity contribution in [3.63, 3.8) is 0 Å². The quantitative estimate of drug-likeness (QED) is 0.574. The molecule has 0 amide bonds. The van der Waals surface area contributed by atoms with Crippen molar-refractivity contribution in [2.24, 2.45) is 0 Å². The topological polar surface area (TPSA) is 87.5 Å². The lowest BCUT2D eigenvalue weighted by molar-refractivity contribution is -0.137. The standard InChI is InChI=1S/C22H23ClN4O3/c1-26(2)17-10-6-9-16(13-17)19-20(23)25-21(22(30)27(19)14-18(28)29)24-12-11-15-7-4-3-5-8-15/h3-10,13H,11-12,14H2,1-2H3,(H,24,25)(H,28,29). The summed E-state index contributed by atoms with van der Waals surface area (Å²) in [5, 5.41) is 12.4. The van der Waals surface area contributed by atoms with Crippen LogP contribution in [0.4, 0.5) is 11.5 Å². The zero-order valence-electron chi connectivity index (χ0n) is 16.8. The van der Waals surface area contributed by atoms with Gasteiger partial charge in [0.2, 0.25) is 0 Å². The summed E-state index contributed by atoms with van der Waals surface area (Å²) in [6, 6.07) is 17.2. The van der Waals surface area contributed by atoms with Crippen LogP contribution in [-0.2, 0) is 17.8 Å². The Hall–Kier alpha value is -3.32. The highest BCUT2D eigenvalue weighted by molar-refractivity contribution is 6.32. The van der Waals surface area contributed by atoms with Crippen molar-refractivity contribution in [3.8, 4) is 11.3 Å². The van der Waals surface area contributed by atoms with Gasteiger partial charge in [-0.15, -0.1) is 0 Å². The first-order valence-corrected chi connectivity index (χ1v) is 9.82. The predicted octanol–water partition coefficient (Wildman–Crippen LogP) is 3.37. The van der Waals surface area contributed by atoms with Crippen LogP contribution in [0.2, 0.25) is 5.15 Å². The maximum Gasteiger partial charge on any atom is 0.323 e. The fraction of sp³-hybridized carbons (Fsp3) is 0.227. The van der Waals surface area contributed by atoms with E-state index in [0.717, 1.165) is 15.8 Å². The molecule has 0 radical (unpaired) electrons. The molecule has 8 heteroatoms. The highest BCUT2D eigenvalue weighted by Crippen LogP contribution is 2.29. The minimum Gasteiger partial charge on any atom is -0.480 e. The molecule has 156 valence electrons. The Labute approximate surface area is 179 Å². The van der Waals surface area contributed by atoms with Gasteiger partial charge in [0.25, 0.3) is 5.56 Å². The number of anilines is 2. The summed E-state index contributed by atoms with van der Waals surface area (Å²) in [5.74, 6) is -1.11. The number of carbonyl (C=O) groups is 1. The van der Waals surface area contributed by atoms with Crippen molar-refractivity contribution in [2.75, 3.05) is 30.9 Å². The number of carboxylic acid groups (broad SMARTS) is 1. The van der Waals surface area contributed by atoms with Gasteiger partial charge in [-0.25, -0.2) is 4.98 Å².